The third kappa shape index (κ3) is 5.47. The fourth-order valence-corrected chi connectivity index (χ4v) is 4.80. The van der Waals surface area contributed by atoms with E-state index in [0.717, 1.165) is 33.1 Å². The fraction of sp³-hybridized carbons (Fsp3) is 0.160. The molecular weight excluding hydrogens is 452 g/mol. The molecule has 0 amide bonds. The second-order valence-electron chi connectivity index (χ2n) is 7.57. The van der Waals surface area contributed by atoms with Crippen LogP contribution in [-0.2, 0) is 11.3 Å². The van der Waals surface area contributed by atoms with Gasteiger partial charge in [-0.15, -0.1) is 11.3 Å². The topological polar surface area (TPSA) is 68.2 Å². The Kier molecular flexibility index (Phi) is 6.86. The predicted molar refractivity (Wildman–Crippen MR) is 138 cm³/mol. The van der Waals surface area contributed by atoms with Gasteiger partial charge in [0.25, 0.3) is 0 Å². The number of carbonyl (C=O) groups is 1. The lowest BCUT2D eigenvalue weighted by Crippen LogP contribution is -2.19. The third-order valence-corrected chi connectivity index (χ3v) is 6.37. The number of ether oxygens (including phenoxy) is 1. The highest BCUT2D eigenvalue weighted by molar-refractivity contribution is 7.80. The maximum Gasteiger partial charge on any atom is 0.340 e. The van der Waals surface area contributed by atoms with Crippen molar-refractivity contribution in [2.45, 2.75) is 20.4 Å². The summed E-state index contributed by atoms with van der Waals surface area (Å²) in [5, 5.41) is 11.9. The van der Waals surface area contributed by atoms with Crippen molar-refractivity contribution in [2.75, 3.05) is 17.7 Å². The van der Waals surface area contributed by atoms with E-state index in [1.54, 1.807) is 0 Å². The lowest BCUT2D eigenvalue weighted by molar-refractivity contribution is 0.0602. The Balaban J connectivity index is 1.45. The molecule has 4 aromatic rings. The van der Waals surface area contributed by atoms with Crippen LogP contribution in [0.4, 0.5) is 10.7 Å². The molecule has 0 radical (unpaired) electrons. The van der Waals surface area contributed by atoms with Gasteiger partial charge in [-0.05, 0) is 61.5 Å². The predicted octanol–water partition coefficient (Wildman–Crippen LogP) is 5.87. The number of aromatic nitrogens is 2. The summed E-state index contributed by atoms with van der Waals surface area (Å²) >= 11 is 6.96. The van der Waals surface area contributed by atoms with Crippen molar-refractivity contribution < 1.29 is 9.53 Å². The smallest absolute Gasteiger partial charge is 0.340 e. The largest absolute Gasteiger partial charge is 0.465 e. The van der Waals surface area contributed by atoms with E-state index in [1.165, 1.54) is 18.4 Å². The van der Waals surface area contributed by atoms with Crippen LogP contribution in [0, 0.1) is 13.8 Å². The van der Waals surface area contributed by atoms with Crippen molar-refractivity contribution in [3.8, 4) is 10.4 Å². The van der Waals surface area contributed by atoms with Crippen molar-refractivity contribution in [3.05, 3.63) is 89.2 Å². The number of methoxy groups -OCH3 is 1. The van der Waals surface area contributed by atoms with Gasteiger partial charge in [-0.3, -0.25) is 4.68 Å². The number of aryl methyl sites for hydroxylation is 2. The Labute approximate surface area is 202 Å². The van der Waals surface area contributed by atoms with Gasteiger partial charge < -0.3 is 15.4 Å². The van der Waals surface area contributed by atoms with E-state index in [9.17, 15) is 4.79 Å². The average molecular weight is 477 g/mol. The van der Waals surface area contributed by atoms with Gasteiger partial charge in [-0.25, -0.2) is 4.79 Å². The number of anilines is 2. The number of benzene rings is 2. The molecule has 2 aromatic carbocycles. The number of hydrogen-bond acceptors (Lipinski definition) is 5. The molecule has 2 aromatic heterocycles. The SMILES string of the molecule is COC(=O)c1cc(-c2ccccc2)sc1NC(=S)Nc1ccc(Cn2nc(C)cc2C)cc1. The molecule has 6 nitrogen and oxygen atoms in total. The first-order valence-electron chi connectivity index (χ1n) is 10.4. The van der Waals surface area contributed by atoms with E-state index in [-0.39, 0.29) is 0 Å². The molecule has 0 aliphatic rings. The minimum absolute atomic E-state index is 0.396. The Morgan fingerprint density at radius 2 is 1.79 bits per heavy atom. The molecule has 2 N–H and O–H groups in total. The van der Waals surface area contributed by atoms with E-state index in [2.05, 4.69) is 28.7 Å². The summed E-state index contributed by atoms with van der Waals surface area (Å²) in [5.41, 5.74) is 5.61. The lowest BCUT2D eigenvalue weighted by Gasteiger charge is -2.11. The molecule has 0 spiro atoms. The first-order chi connectivity index (χ1) is 15.9. The Hall–Kier alpha value is -3.49. The molecule has 0 bridgehead atoms. The highest BCUT2D eigenvalue weighted by Gasteiger charge is 2.18. The van der Waals surface area contributed by atoms with E-state index in [0.29, 0.717) is 22.2 Å². The summed E-state index contributed by atoms with van der Waals surface area (Å²) in [5.74, 6) is -0.410. The zero-order valence-corrected chi connectivity index (χ0v) is 20.2. The van der Waals surface area contributed by atoms with Crippen molar-refractivity contribution in [1.29, 1.82) is 0 Å². The van der Waals surface area contributed by atoms with Crippen LogP contribution in [0.2, 0.25) is 0 Å². The summed E-state index contributed by atoms with van der Waals surface area (Å²) in [6.07, 6.45) is 0. The van der Waals surface area contributed by atoms with Crippen LogP contribution in [0.15, 0.2) is 66.7 Å². The molecule has 2 heterocycles. The third-order valence-electron chi connectivity index (χ3n) is 5.07. The van der Waals surface area contributed by atoms with Gasteiger partial charge in [0.05, 0.1) is 24.9 Å². The number of esters is 1. The Bertz CT molecular complexity index is 1280. The van der Waals surface area contributed by atoms with Crippen LogP contribution < -0.4 is 10.6 Å². The fourth-order valence-electron chi connectivity index (χ4n) is 3.46. The van der Waals surface area contributed by atoms with Crippen molar-refractivity contribution in [1.82, 2.24) is 9.78 Å². The maximum absolute atomic E-state index is 12.3. The summed E-state index contributed by atoms with van der Waals surface area (Å²) in [6.45, 7) is 4.76. The zero-order chi connectivity index (χ0) is 23.4. The summed E-state index contributed by atoms with van der Waals surface area (Å²) in [4.78, 5) is 13.3. The van der Waals surface area contributed by atoms with Crippen LogP contribution in [0.5, 0.6) is 0 Å². The molecule has 0 atom stereocenters. The average Bonchev–Trinajstić information content (AvgIpc) is 3.37. The second-order valence-corrected chi connectivity index (χ2v) is 9.03. The molecule has 168 valence electrons. The number of rotatable bonds is 6. The van der Waals surface area contributed by atoms with Gasteiger partial charge in [0.2, 0.25) is 0 Å². The highest BCUT2D eigenvalue weighted by atomic mass is 32.1. The number of nitrogens with zero attached hydrogens (tertiary/aromatic N) is 2. The molecule has 0 aliphatic heterocycles. The molecule has 0 saturated heterocycles. The minimum atomic E-state index is -0.410. The molecule has 0 saturated carbocycles. The first kappa shape index (κ1) is 22.7. The number of nitrogens with one attached hydrogen (secondary N) is 2. The molecule has 33 heavy (non-hydrogen) atoms. The molecule has 0 unspecified atom stereocenters. The number of thiophene rings is 1. The van der Waals surface area contributed by atoms with Crippen LogP contribution in [-0.4, -0.2) is 28.0 Å². The van der Waals surface area contributed by atoms with Crippen LogP contribution in [0.3, 0.4) is 0 Å². The lowest BCUT2D eigenvalue weighted by atomic mass is 10.1. The van der Waals surface area contributed by atoms with Gasteiger partial charge in [-0.1, -0.05) is 42.5 Å². The van der Waals surface area contributed by atoms with Gasteiger partial charge in [0.1, 0.15) is 5.00 Å². The molecule has 0 fully saturated rings. The van der Waals surface area contributed by atoms with Gasteiger partial charge in [-0.2, -0.15) is 5.10 Å². The van der Waals surface area contributed by atoms with Crippen LogP contribution >= 0.6 is 23.6 Å². The van der Waals surface area contributed by atoms with Crippen molar-refractivity contribution in [2.24, 2.45) is 0 Å². The second kappa shape index (κ2) is 9.97. The van der Waals surface area contributed by atoms with Gasteiger partial charge >= 0.3 is 5.97 Å². The Morgan fingerprint density at radius 3 is 2.42 bits per heavy atom. The number of carbonyl (C=O) groups excluding carboxylic acids is 1. The summed E-state index contributed by atoms with van der Waals surface area (Å²) < 4.78 is 6.94. The van der Waals surface area contributed by atoms with Gasteiger partial charge in [0, 0.05) is 16.3 Å². The van der Waals surface area contributed by atoms with E-state index < -0.39 is 5.97 Å². The van der Waals surface area contributed by atoms with E-state index in [1.807, 2.05) is 72.3 Å². The van der Waals surface area contributed by atoms with Crippen LogP contribution in [0.1, 0.15) is 27.3 Å². The van der Waals surface area contributed by atoms with E-state index >= 15 is 0 Å². The van der Waals surface area contributed by atoms with Crippen molar-refractivity contribution >= 4 is 45.3 Å². The quantitative estimate of drug-likeness (QED) is 0.268. The minimum Gasteiger partial charge on any atom is -0.465 e. The van der Waals surface area contributed by atoms with Crippen LogP contribution in [0.25, 0.3) is 10.4 Å². The zero-order valence-electron chi connectivity index (χ0n) is 18.6. The highest BCUT2D eigenvalue weighted by Crippen LogP contribution is 2.36. The van der Waals surface area contributed by atoms with E-state index in [4.69, 9.17) is 17.0 Å². The Morgan fingerprint density at radius 1 is 1.06 bits per heavy atom. The number of hydrogen-bond donors (Lipinski definition) is 2. The standard InChI is InChI=1S/C25H24N4O2S2/c1-16-13-17(2)29(28-16)15-18-9-11-20(12-10-18)26-25(32)27-23-21(24(30)31-3)14-22(33-23)19-7-5-4-6-8-19/h4-14H,15H2,1-3H3,(H2,26,27,32). The van der Waals surface area contributed by atoms with Gasteiger partial charge in [0.15, 0.2) is 5.11 Å². The molecule has 0 aliphatic carbocycles. The summed E-state index contributed by atoms with van der Waals surface area (Å²) in [6, 6.07) is 21.8. The maximum atomic E-state index is 12.3. The molecule has 8 heteroatoms. The number of thiocarbonyl (C=S) groups is 1. The monoisotopic (exact) mass is 476 g/mol. The first-order valence-corrected chi connectivity index (χ1v) is 11.6. The van der Waals surface area contributed by atoms with Crippen molar-refractivity contribution in [3.63, 3.8) is 0 Å². The molecule has 4 rings (SSSR count). The normalized spacial score (nSPS) is 10.6. The molecular formula is C25H24N4O2S2. The summed E-state index contributed by atoms with van der Waals surface area (Å²) in [7, 11) is 1.37.